The molecule has 0 N–H and O–H groups in total. The fraction of sp³-hybridized carbons (Fsp3) is 0.105. The Hall–Kier alpha value is -1.89. The number of hydrogen-bond donors (Lipinski definition) is 0. The molecule has 2 heteroatoms. The number of nitrogens with zero attached hydrogens (tertiary/aromatic N) is 1. The number of rotatable bonds is 1. The molecule has 110 valence electrons. The second-order valence-electron chi connectivity index (χ2n) is 4.76. The van der Waals surface area contributed by atoms with Crippen molar-refractivity contribution in [1.82, 2.24) is 4.90 Å². The Kier molecular flexibility index (Phi) is 7.45. The van der Waals surface area contributed by atoms with Crippen molar-refractivity contribution in [2.24, 2.45) is 0 Å². The van der Waals surface area contributed by atoms with Crippen LogP contribution in [0, 0.1) is 0 Å². The van der Waals surface area contributed by atoms with Crippen molar-refractivity contribution in [3.05, 3.63) is 102 Å². The maximum absolute atomic E-state index is 2.16. The van der Waals surface area contributed by atoms with E-state index < -0.39 is 0 Å². The van der Waals surface area contributed by atoms with Crippen molar-refractivity contribution < 1.29 is 17.1 Å². The molecule has 3 rings (SSSR count). The fourth-order valence-electron chi connectivity index (χ4n) is 1.84. The van der Waals surface area contributed by atoms with Crippen molar-refractivity contribution in [3.63, 3.8) is 0 Å². The molecule has 1 heterocycles. The SMILES string of the molecule is CC1=CC=C/C1=C/C=C1C=CN(C)C=C1.[Fe].c1cc[cH-]c1. The smallest absolute Gasteiger partial charge is 0.0106 e. The van der Waals surface area contributed by atoms with Gasteiger partial charge in [0.15, 0.2) is 0 Å². The first-order valence-electron chi connectivity index (χ1n) is 6.78. The van der Waals surface area contributed by atoms with E-state index in [1.807, 2.05) is 42.3 Å². The molecule has 1 aromatic carbocycles. The summed E-state index contributed by atoms with van der Waals surface area (Å²) in [7, 11) is 2.02. The van der Waals surface area contributed by atoms with Crippen LogP contribution < -0.4 is 0 Å². The van der Waals surface area contributed by atoms with Gasteiger partial charge in [0.25, 0.3) is 0 Å². The second-order valence-corrected chi connectivity index (χ2v) is 4.76. The van der Waals surface area contributed by atoms with Gasteiger partial charge in [0, 0.05) is 36.5 Å². The zero-order valence-electron chi connectivity index (χ0n) is 12.4. The summed E-state index contributed by atoms with van der Waals surface area (Å²) in [4.78, 5) is 2.03. The van der Waals surface area contributed by atoms with Crippen molar-refractivity contribution in [1.29, 1.82) is 0 Å². The van der Waals surface area contributed by atoms with E-state index in [1.165, 1.54) is 16.7 Å². The van der Waals surface area contributed by atoms with Gasteiger partial charge in [0.1, 0.15) is 0 Å². The maximum atomic E-state index is 2.16. The van der Waals surface area contributed by atoms with Crippen LogP contribution in [0.1, 0.15) is 6.92 Å². The predicted molar refractivity (Wildman–Crippen MR) is 87.1 cm³/mol. The molecule has 0 fully saturated rings. The van der Waals surface area contributed by atoms with Crippen LogP contribution in [0.3, 0.4) is 0 Å². The van der Waals surface area contributed by atoms with E-state index >= 15 is 0 Å². The maximum Gasteiger partial charge on any atom is 0.0106 e. The van der Waals surface area contributed by atoms with Crippen molar-refractivity contribution >= 4 is 0 Å². The molecule has 21 heavy (non-hydrogen) atoms. The molecule has 0 unspecified atom stereocenters. The second kappa shape index (κ2) is 9.12. The minimum absolute atomic E-state index is 0. The van der Waals surface area contributed by atoms with Gasteiger partial charge >= 0.3 is 0 Å². The predicted octanol–water partition coefficient (Wildman–Crippen LogP) is 4.73. The van der Waals surface area contributed by atoms with Gasteiger partial charge < -0.3 is 4.90 Å². The van der Waals surface area contributed by atoms with E-state index in [2.05, 4.69) is 61.9 Å². The first kappa shape index (κ1) is 17.2. The Bertz CT molecular complexity index is 562. The molecule has 0 saturated carbocycles. The number of hydrogen-bond acceptors (Lipinski definition) is 1. The Labute approximate surface area is 138 Å². The van der Waals surface area contributed by atoms with E-state index in [4.69, 9.17) is 0 Å². The van der Waals surface area contributed by atoms with Gasteiger partial charge in [-0.05, 0) is 35.8 Å². The minimum Gasteiger partial charge on any atom is -0.357 e. The summed E-state index contributed by atoms with van der Waals surface area (Å²) < 4.78 is 0. The summed E-state index contributed by atoms with van der Waals surface area (Å²) >= 11 is 0. The van der Waals surface area contributed by atoms with Gasteiger partial charge in [0.2, 0.25) is 0 Å². The topological polar surface area (TPSA) is 3.24 Å². The van der Waals surface area contributed by atoms with Crippen LogP contribution in [0.2, 0.25) is 0 Å². The first-order chi connectivity index (χ1) is 9.75. The summed E-state index contributed by atoms with van der Waals surface area (Å²) in [5.74, 6) is 0. The van der Waals surface area contributed by atoms with E-state index in [0.717, 1.165) is 0 Å². The quantitative estimate of drug-likeness (QED) is 0.534. The third-order valence-electron chi connectivity index (χ3n) is 3.09. The molecule has 2 aliphatic rings. The van der Waals surface area contributed by atoms with E-state index in [9.17, 15) is 0 Å². The average Bonchev–Trinajstić information content (AvgIpc) is 3.13. The van der Waals surface area contributed by atoms with Crippen molar-refractivity contribution in [3.8, 4) is 0 Å². The molecule has 1 aliphatic carbocycles. The molecule has 0 aromatic heterocycles. The molecule has 0 radical (unpaired) electrons. The standard InChI is InChI=1S/C14H15N.C5H5.Fe/c1-12-4-3-5-14(12)7-6-13-8-10-15(2)11-9-13;1-2-4-5-3-1;/h3-11H,1-2H3;1-5H;/q;-1;/b14-7-;;. The molecule has 0 bridgehead atoms. The van der Waals surface area contributed by atoms with Crippen molar-refractivity contribution in [2.75, 3.05) is 7.05 Å². The largest absolute Gasteiger partial charge is 0.357 e. The molecular formula is C19H20FeN-. The Morgan fingerprint density at radius 1 is 1.00 bits per heavy atom. The molecular weight excluding hydrogens is 298 g/mol. The van der Waals surface area contributed by atoms with Crippen molar-refractivity contribution in [2.45, 2.75) is 6.92 Å². The molecule has 0 saturated heterocycles. The Morgan fingerprint density at radius 3 is 2.14 bits per heavy atom. The first-order valence-corrected chi connectivity index (χ1v) is 6.78. The summed E-state index contributed by atoms with van der Waals surface area (Å²) in [6, 6.07) is 10.0. The van der Waals surface area contributed by atoms with Gasteiger partial charge in [-0.25, -0.2) is 12.1 Å². The number of allylic oxidation sites excluding steroid dienone is 10. The molecule has 0 atom stereocenters. The van der Waals surface area contributed by atoms with Gasteiger partial charge in [-0.15, -0.1) is 0 Å². The normalized spacial score (nSPS) is 17.2. The molecule has 0 spiro atoms. The zero-order chi connectivity index (χ0) is 14.2. The van der Waals surface area contributed by atoms with Gasteiger partial charge in [0.05, 0.1) is 0 Å². The average molecular weight is 318 g/mol. The van der Waals surface area contributed by atoms with E-state index in [-0.39, 0.29) is 17.1 Å². The van der Waals surface area contributed by atoms with Gasteiger partial charge in [-0.3, -0.25) is 0 Å². The van der Waals surface area contributed by atoms with Crippen LogP contribution in [-0.4, -0.2) is 11.9 Å². The van der Waals surface area contributed by atoms with Crippen LogP contribution in [0.5, 0.6) is 0 Å². The third-order valence-corrected chi connectivity index (χ3v) is 3.09. The summed E-state index contributed by atoms with van der Waals surface area (Å²) in [6.07, 6.45) is 19.0. The molecule has 0 amide bonds. The van der Waals surface area contributed by atoms with Crippen LogP contribution in [0.25, 0.3) is 0 Å². The monoisotopic (exact) mass is 318 g/mol. The fourth-order valence-corrected chi connectivity index (χ4v) is 1.84. The summed E-state index contributed by atoms with van der Waals surface area (Å²) in [6.45, 7) is 2.13. The third kappa shape index (κ3) is 5.95. The van der Waals surface area contributed by atoms with E-state index in [1.54, 1.807) is 0 Å². The minimum atomic E-state index is 0. The van der Waals surface area contributed by atoms with Crippen LogP contribution in [0.15, 0.2) is 102 Å². The summed E-state index contributed by atoms with van der Waals surface area (Å²) in [5, 5.41) is 0. The molecule has 1 nitrogen and oxygen atoms in total. The van der Waals surface area contributed by atoms with Crippen LogP contribution in [-0.2, 0) is 17.1 Å². The summed E-state index contributed by atoms with van der Waals surface area (Å²) in [5.41, 5.74) is 3.85. The van der Waals surface area contributed by atoms with Gasteiger partial charge in [-0.2, -0.15) is 18.2 Å². The van der Waals surface area contributed by atoms with E-state index in [0.29, 0.717) is 0 Å². The zero-order valence-corrected chi connectivity index (χ0v) is 13.5. The van der Waals surface area contributed by atoms with Crippen LogP contribution in [0.4, 0.5) is 0 Å². The Balaban J connectivity index is 0.000000313. The Morgan fingerprint density at radius 2 is 1.67 bits per heavy atom. The van der Waals surface area contributed by atoms with Gasteiger partial charge in [-0.1, -0.05) is 30.4 Å². The van der Waals surface area contributed by atoms with Crippen LogP contribution >= 0.6 is 0 Å². The molecule has 1 aliphatic heterocycles. The molecule has 1 aromatic rings.